The minimum absolute atomic E-state index is 0.0559. The molecule has 1 aromatic rings. The SMILES string of the molecule is COc1cccc(NC(=O)N(CC(F)F)C2CC2)c1. The molecular weight excluding hydrogens is 254 g/mol. The van der Waals surface area contributed by atoms with Crippen LogP contribution in [0.5, 0.6) is 5.75 Å². The van der Waals surface area contributed by atoms with Crippen LogP contribution < -0.4 is 10.1 Å². The largest absolute Gasteiger partial charge is 0.497 e. The Kier molecular flexibility index (Phi) is 4.19. The van der Waals surface area contributed by atoms with Gasteiger partial charge in [0.25, 0.3) is 6.43 Å². The average molecular weight is 270 g/mol. The molecule has 0 aliphatic heterocycles. The molecule has 104 valence electrons. The molecule has 1 saturated carbocycles. The summed E-state index contributed by atoms with van der Waals surface area (Å²) < 4.78 is 29.9. The maximum Gasteiger partial charge on any atom is 0.322 e. The van der Waals surface area contributed by atoms with Crippen LogP contribution in [0, 0.1) is 0 Å². The van der Waals surface area contributed by atoms with Gasteiger partial charge in [-0.05, 0) is 25.0 Å². The highest BCUT2D eigenvalue weighted by Crippen LogP contribution is 2.28. The van der Waals surface area contributed by atoms with Crippen molar-refractivity contribution in [2.24, 2.45) is 0 Å². The van der Waals surface area contributed by atoms with Gasteiger partial charge in [-0.2, -0.15) is 0 Å². The first-order chi connectivity index (χ1) is 9.10. The Bertz CT molecular complexity index is 450. The van der Waals surface area contributed by atoms with E-state index in [9.17, 15) is 13.6 Å². The normalized spacial score (nSPS) is 14.3. The number of hydrogen-bond acceptors (Lipinski definition) is 2. The van der Waals surface area contributed by atoms with Gasteiger partial charge in [0.15, 0.2) is 0 Å². The van der Waals surface area contributed by atoms with Crippen molar-refractivity contribution >= 4 is 11.7 Å². The lowest BCUT2D eigenvalue weighted by atomic mass is 10.3. The van der Waals surface area contributed by atoms with Crippen molar-refractivity contribution in [3.8, 4) is 5.75 Å². The van der Waals surface area contributed by atoms with Crippen molar-refractivity contribution in [2.75, 3.05) is 19.0 Å². The molecule has 0 radical (unpaired) electrons. The molecular formula is C13H16F2N2O2. The number of methoxy groups -OCH3 is 1. The quantitative estimate of drug-likeness (QED) is 0.893. The molecule has 19 heavy (non-hydrogen) atoms. The van der Waals surface area contributed by atoms with Gasteiger partial charge in [-0.15, -0.1) is 0 Å². The fourth-order valence-electron chi connectivity index (χ4n) is 1.83. The summed E-state index contributed by atoms with van der Waals surface area (Å²) in [5, 5.41) is 2.62. The number of urea groups is 1. The van der Waals surface area contributed by atoms with E-state index < -0.39 is 19.0 Å². The first-order valence-corrected chi connectivity index (χ1v) is 6.10. The van der Waals surface area contributed by atoms with E-state index in [-0.39, 0.29) is 6.04 Å². The van der Waals surface area contributed by atoms with Crippen LogP contribution in [0.25, 0.3) is 0 Å². The number of carbonyl (C=O) groups is 1. The van der Waals surface area contributed by atoms with Crippen LogP contribution in [0.15, 0.2) is 24.3 Å². The van der Waals surface area contributed by atoms with E-state index in [2.05, 4.69) is 5.32 Å². The summed E-state index contributed by atoms with van der Waals surface area (Å²) in [4.78, 5) is 13.2. The van der Waals surface area contributed by atoms with Crippen molar-refractivity contribution < 1.29 is 18.3 Å². The highest BCUT2D eigenvalue weighted by molar-refractivity contribution is 5.90. The number of carbonyl (C=O) groups excluding carboxylic acids is 1. The second kappa shape index (κ2) is 5.86. The molecule has 0 aromatic heterocycles. The molecule has 0 heterocycles. The molecule has 1 aliphatic rings. The first-order valence-electron chi connectivity index (χ1n) is 6.10. The van der Waals surface area contributed by atoms with Crippen LogP contribution in [0.1, 0.15) is 12.8 Å². The monoisotopic (exact) mass is 270 g/mol. The number of nitrogens with one attached hydrogen (secondary N) is 1. The van der Waals surface area contributed by atoms with Crippen molar-refractivity contribution in [2.45, 2.75) is 25.3 Å². The molecule has 6 heteroatoms. The van der Waals surface area contributed by atoms with Crippen LogP contribution in [0.2, 0.25) is 0 Å². The lowest BCUT2D eigenvalue weighted by Gasteiger charge is -2.22. The first kappa shape index (κ1) is 13.6. The molecule has 0 bridgehead atoms. The van der Waals surface area contributed by atoms with E-state index >= 15 is 0 Å². The smallest absolute Gasteiger partial charge is 0.322 e. The highest BCUT2D eigenvalue weighted by atomic mass is 19.3. The zero-order chi connectivity index (χ0) is 13.8. The Morgan fingerprint density at radius 1 is 1.53 bits per heavy atom. The molecule has 1 aliphatic carbocycles. The van der Waals surface area contributed by atoms with E-state index in [0.29, 0.717) is 11.4 Å². The minimum atomic E-state index is -2.52. The predicted octanol–water partition coefficient (Wildman–Crippen LogP) is 2.96. The Morgan fingerprint density at radius 3 is 2.84 bits per heavy atom. The van der Waals surface area contributed by atoms with Gasteiger partial charge < -0.3 is 15.0 Å². The molecule has 2 amide bonds. The number of nitrogens with zero attached hydrogens (tertiary/aromatic N) is 1. The van der Waals surface area contributed by atoms with Crippen molar-refractivity contribution in [3.05, 3.63) is 24.3 Å². The lowest BCUT2D eigenvalue weighted by molar-refractivity contribution is 0.0994. The zero-order valence-electron chi connectivity index (χ0n) is 10.6. The topological polar surface area (TPSA) is 41.6 Å². The molecule has 1 N–H and O–H groups in total. The van der Waals surface area contributed by atoms with E-state index in [1.807, 2.05) is 0 Å². The number of alkyl halides is 2. The summed E-state index contributed by atoms with van der Waals surface area (Å²) in [5.41, 5.74) is 0.532. The van der Waals surface area contributed by atoms with Gasteiger partial charge in [-0.1, -0.05) is 6.07 Å². The fourth-order valence-corrected chi connectivity index (χ4v) is 1.83. The van der Waals surface area contributed by atoms with Crippen LogP contribution in [0.3, 0.4) is 0 Å². The molecule has 1 fully saturated rings. The van der Waals surface area contributed by atoms with Crippen molar-refractivity contribution in [1.82, 2.24) is 4.90 Å². The third-order valence-electron chi connectivity index (χ3n) is 2.90. The molecule has 0 unspecified atom stereocenters. The average Bonchev–Trinajstić information content (AvgIpc) is 3.20. The zero-order valence-corrected chi connectivity index (χ0v) is 10.6. The summed E-state index contributed by atoms with van der Waals surface area (Å²) in [7, 11) is 1.52. The Morgan fingerprint density at radius 2 is 2.26 bits per heavy atom. The Labute approximate surface area is 110 Å². The van der Waals surface area contributed by atoms with Crippen LogP contribution >= 0.6 is 0 Å². The number of hydrogen-bond donors (Lipinski definition) is 1. The van der Waals surface area contributed by atoms with Gasteiger partial charge in [0.05, 0.1) is 13.7 Å². The lowest BCUT2D eigenvalue weighted by Crippen LogP contribution is -2.39. The summed E-state index contributed by atoms with van der Waals surface area (Å²) >= 11 is 0. The van der Waals surface area contributed by atoms with E-state index in [1.165, 1.54) is 12.0 Å². The minimum Gasteiger partial charge on any atom is -0.497 e. The predicted molar refractivity (Wildman–Crippen MR) is 67.7 cm³/mol. The summed E-state index contributed by atoms with van der Waals surface area (Å²) in [6, 6.07) is 6.26. The van der Waals surface area contributed by atoms with Gasteiger partial charge >= 0.3 is 6.03 Å². The van der Waals surface area contributed by atoms with E-state index in [4.69, 9.17) is 4.74 Å². The van der Waals surface area contributed by atoms with Gasteiger partial charge in [0.1, 0.15) is 5.75 Å². The van der Waals surface area contributed by atoms with E-state index in [0.717, 1.165) is 12.8 Å². The van der Waals surface area contributed by atoms with Crippen LogP contribution in [-0.2, 0) is 0 Å². The maximum atomic E-state index is 12.4. The number of ether oxygens (including phenoxy) is 1. The van der Waals surface area contributed by atoms with Gasteiger partial charge in [0, 0.05) is 17.8 Å². The molecule has 0 saturated heterocycles. The van der Waals surface area contributed by atoms with Gasteiger partial charge in [-0.25, -0.2) is 13.6 Å². The third kappa shape index (κ3) is 3.81. The Balaban J connectivity index is 2.01. The van der Waals surface area contributed by atoms with Crippen LogP contribution in [0.4, 0.5) is 19.3 Å². The fraction of sp³-hybridized carbons (Fsp3) is 0.462. The number of anilines is 1. The second-order valence-corrected chi connectivity index (χ2v) is 4.44. The van der Waals surface area contributed by atoms with Crippen LogP contribution in [-0.4, -0.2) is 37.1 Å². The Hall–Kier alpha value is -1.85. The molecule has 4 nitrogen and oxygen atoms in total. The summed E-state index contributed by atoms with van der Waals surface area (Å²) in [6.07, 6.45) is -0.937. The third-order valence-corrected chi connectivity index (χ3v) is 2.90. The standard InChI is InChI=1S/C13H16F2N2O2/c1-19-11-4-2-3-9(7-11)16-13(18)17(8-12(14)15)10-5-6-10/h2-4,7,10,12H,5-6,8H2,1H3,(H,16,18). The number of benzene rings is 1. The molecule has 0 spiro atoms. The highest BCUT2D eigenvalue weighted by Gasteiger charge is 2.34. The van der Waals surface area contributed by atoms with E-state index in [1.54, 1.807) is 24.3 Å². The maximum absolute atomic E-state index is 12.4. The molecule has 2 rings (SSSR count). The summed E-state index contributed by atoms with van der Waals surface area (Å²) in [5.74, 6) is 0.602. The summed E-state index contributed by atoms with van der Waals surface area (Å²) in [6.45, 7) is -0.527. The van der Waals surface area contributed by atoms with Gasteiger partial charge in [0.2, 0.25) is 0 Å². The van der Waals surface area contributed by atoms with Gasteiger partial charge in [-0.3, -0.25) is 0 Å². The molecule has 0 atom stereocenters. The number of halogens is 2. The van der Waals surface area contributed by atoms with Crippen molar-refractivity contribution in [1.29, 1.82) is 0 Å². The van der Waals surface area contributed by atoms with Crippen molar-refractivity contribution in [3.63, 3.8) is 0 Å². The number of rotatable bonds is 5. The molecule has 1 aromatic carbocycles. The second-order valence-electron chi connectivity index (χ2n) is 4.44. The number of amides is 2.